The van der Waals surface area contributed by atoms with Crippen LogP contribution < -0.4 is 4.72 Å². The molecule has 9 nitrogen and oxygen atoms in total. The van der Waals surface area contributed by atoms with Crippen molar-refractivity contribution < 1.29 is 22.8 Å². The number of hydrogen-bond acceptors (Lipinski definition) is 6. The van der Waals surface area contributed by atoms with Crippen LogP contribution in [0.3, 0.4) is 0 Å². The number of amides is 3. The van der Waals surface area contributed by atoms with Gasteiger partial charge in [0.05, 0.1) is 5.25 Å². The minimum atomic E-state index is -3.84. The summed E-state index contributed by atoms with van der Waals surface area (Å²) in [6.45, 7) is 8.11. The predicted molar refractivity (Wildman–Crippen MR) is 116 cm³/mol. The van der Waals surface area contributed by atoms with E-state index in [-0.39, 0.29) is 24.2 Å². The number of piperidine rings is 2. The lowest BCUT2D eigenvalue weighted by molar-refractivity contribution is -0.138. The first-order chi connectivity index (χ1) is 14.6. The summed E-state index contributed by atoms with van der Waals surface area (Å²) in [6.07, 6.45) is 2.94. The van der Waals surface area contributed by atoms with Crippen molar-refractivity contribution in [3.05, 3.63) is 0 Å². The first kappa shape index (κ1) is 24.0. The van der Waals surface area contributed by atoms with Crippen LogP contribution in [0.5, 0.6) is 0 Å². The van der Waals surface area contributed by atoms with E-state index in [2.05, 4.69) is 23.5 Å². The van der Waals surface area contributed by atoms with Gasteiger partial charge in [0.1, 0.15) is 6.04 Å². The Labute approximate surface area is 185 Å². The molecule has 176 valence electrons. The minimum absolute atomic E-state index is 0.0201. The van der Waals surface area contributed by atoms with E-state index in [9.17, 15) is 22.8 Å². The maximum atomic E-state index is 12.9. The van der Waals surface area contributed by atoms with E-state index in [1.54, 1.807) is 4.90 Å². The Balaban J connectivity index is 1.47. The van der Waals surface area contributed by atoms with Gasteiger partial charge in [0.25, 0.3) is 5.91 Å². The molecule has 3 heterocycles. The zero-order valence-corrected chi connectivity index (χ0v) is 19.7. The molecule has 1 atom stereocenters. The van der Waals surface area contributed by atoms with Gasteiger partial charge in [-0.05, 0) is 51.1 Å². The zero-order valence-electron chi connectivity index (χ0n) is 18.9. The fourth-order valence-electron chi connectivity index (χ4n) is 4.93. The summed E-state index contributed by atoms with van der Waals surface area (Å²) in [5.41, 5.74) is 0. The first-order valence-corrected chi connectivity index (χ1v) is 13.0. The topological polar surface area (TPSA) is 107 Å². The van der Waals surface area contributed by atoms with Crippen molar-refractivity contribution in [1.82, 2.24) is 19.4 Å². The molecule has 3 fully saturated rings. The number of likely N-dealkylation sites (tertiary alicyclic amines) is 3. The summed E-state index contributed by atoms with van der Waals surface area (Å²) >= 11 is 0. The highest BCUT2D eigenvalue weighted by Gasteiger charge is 2.39. The summed E-state index contributed by atoms with van der Waals surface area (Å²) in [7, 11) is -2.32. The van der Waals surface area contributed by atoms with Crippen LogP contribution in [0.2, 0.25) is 0 Å². The smallest absolute Gasteiger partial charge is 0.256 e. The van der Waals surface area contributed by atoms with Crippen molar-refractivity contribution in [3.8, 4) is 0 Å². The van der Waals surface area contributed by atoms with Gasteiger partial charge in [-0.15, -0.1) is 0 Å². The highest BCUT2D eigenvalue weighted by Crippen LogP contribution is 2.25. The Morgan fingerprint density at radius 2 is 1.65 bits per heavy atom. The van der Waals surface area contributed by atoms with Gasteiger partial charge in [0.15, 0.2) is 0 Å². The van der Waals surface area contributed by atoms with E-state index in [0.29, 0.717) is 38.3 Å². The van der Waals surface area contributed by atoms with E-state index in [1.807, 2.05) is 0 Å². The molecule has 0 aromatic heterocycles. The van der Waals surface area contributed by atoms with E-state index in [1.165, 1.54) is 11.9 Å². The van der Waals surface area contributed by atoms with Crippen LogP contribution in [0.4, 0.5) is 0 Å². The third kappa shape index (κ3) is 5.77. The van der Waals surface area contributed by atoms with Gasteiger partial charge in [-0.25, -0.2) is 8.42 Å². The van der Waals surface area contributed by atoms with Gasteiger partial charge >= 0.3 is 0 Å². The van der Waals surface area contributed by atoms with Gasteiger partial charge in [0.2, 0.25) is 21.8 Å². The number of sulfonamides is 1. The standard InChI is InChI=1S/C21H36N4O5S/c1-15(2)14-24-10-6-16(7-11-24)21(28)25-12-8-17(9-13-25)31(29,30)22-20(27)18-4-5-19(26)23(18)3/h15-18H,4-14H2,1-3H3,(H,22,27)/t18-/m0/s1. The number of nitrogens with one attached hydrogen (secondary N) is 1. The molecule has 0 aromatic rings. The molecular formula is C21H36N4O5S. The number of rotatable bonds is 6. The SMILES string of the molecule is CC(C)CN1CCC(C(=O)N2CCC(S(=O)(=O)NC(=O)[C@@H]3CCC(=O)N3C)CC2)CC1. The molecule has 3 amide bonds. The highest BCUT2D eigenvalue weighted by atomic mass is 32.2. The normalized spacial score (nSPS) is 24.8. The Bertz CT molecular complexity index is 784. The second-order valence-electron chi connectivity index (χ2n) is 9.56. The van der Waals surface area contributed by atoms with Crippen molar-refractivity contribution in [2.24, 2.45) is 11.8 Å². The minimum Gasteiger partial charge on any atom is -0.342 e. The van der Waals surface area contributed by atoms with Gasteiger partial charge in [0, 0.05) is 39.0 Å². The summed E-state index contributed by atoms with van der Waals surface area (Å²) in [5.74, 6) is -0.0235. The average molecular weight is 457 g/mol. The monoisotopic (exact) mass is 456 g/mol. The third-order valence-electron chi connectivity index (χ3n) is 6.79. The Morgan fingerprint density at radius 1 is 1.03 bits per heavy atom. The van der Waals surface area contributed by atoms with Gasteiger partial charge in [-0.2, -0.15) is 0 Å². The second-order valence-corrected chi connectivity index (χ2v) is 11.5. The molecule has 3 saturated heterocycles. The number of carbonyl (C=O) groups is 3. The molecule has 1 N–H and O–H groups in total. The molecule has 31 heavy (non-hydrogen) atoms. The van der Waals surface area contributed by atoms with Crippen LogP contribution in [0.1, 0.15) is 52.4 Å². The molecule has 0 unspecified atom stereocenters. The molecule has 3 aliphatic rings. The number of carbonyl (C=O) groups excluding carboxylic acids is 3. The lowest BCUT2D eigenvalue weighted by atomic mass is 9.94. The molecule has 0 radical (unpaired) electrons. The largest absolute Gasteiger partial charge is 0.342 e. The molecule has 0 spiro atoms. The molecule has 0 saturated carbocycles. The fourth-order valence-corrected chi connectivity index (χ4v) is 6.34. The van der Waals surface area contributed by atoms with Crippen LogP contribution in [0.25, 0.3) is 0 Å². The van der Waals surface area contributed by atoms with E-state index >= 15 is 0 Å². The third-order valence-corrected chi connectivity index (χ3v) is 8.63. The Morgan fingerprint density at radius 3 is 2.16 bits per heavy atom. The van der Waals surface area contributed by atoms with Gasteiger partial charge < -0.3 is 14.7 Å². The lowest BCUT2D eigenvalue weighted by Crippen LogP contribution is -2.51. The van der Waals surface area contributed by atoms with Crippen molar-refractivity contribution in [3.63, 3.8) is 0 Å². The molecular weight excluding hydrogens is 420 g/mol. The molecule has 3 aliphatic heterocycles. The quantitative estimate of drug-likeness (QED) is 0.621. The van der Waals surface area contributed by atoms with Crippen molar-refractivity contribution in [2.45, 2.75) is 63.7 Å². The maximum Gasteiger partial charge on any atom is 0.256 e. The summed E-state index contributed by atoms with van der Waals surface area (Å²) in [5, 5.41) is -0.698. The van der Waals surface area contributed by atoms with Crippen LogP contribution in [-0.2, 0) is 24.4 Å². The number of nitrogens with zero attached hydrogens (tertiary/aromatic N) is 3. The van der Waals surface area contributed by atoms with E-state index in [0.717, 1.165) is 32.5 Å². The van der Waals surface area contributed by atoms with E-state index in [4.69, 9.17) is 0 Å². The first-order valence-electron chi connectivity index (χ1n) is 11.4. The van der Waals surface area contributed by atoms with Crippen LogP contribution >= 0.6 is 0 Å². The summed E-state index contributed by atoms with van der Waals surface area (Å²) in [6, 6.07) is -0.731. The predicted octanol–water partition coefficient (Wildman–Crippen LogP) is 0.412. The molecule has 0 aliphatic carbocycles. The van der Waals surface area contributed by atoms with E-state index < -0.39 is 27.2 Å². The lowest BCUT2D eigenvalue weighted by Gasteiger charge is -2.37. The molecule has 10 heteroatoms. The second kappa shape index (κ2) is 9.85. The number of hydrogen-bond donors (Lipinski definition) is 1. The highest BCUT2D eigenvalue weighted by molar-refractivity contribution is 7.90. The zero-order chi connectivity index (χ0) is 22.8. The van der Waals surface area contributed by atoms with Gasteiger partial charge in [-0.1, -0.05) is 13.8 Å². The van der Waals surface area contributed by atoms with Crippen LogP contribution in [0, 0.1) is 11.8 Å². The van der Waals surface area contributed by atoms with Gasteiger partial charge in [-0.3, -0.25) is 19.1 Å². The molecule has 0 aromatic carbocycles. The van der Waals surface area contributed by atoms with Crippen molar-refractivity contribution in [2.75, 3.05) is 39.8 Å². The molecule has 0 bridgehead atoms. The van der Waals surface area contributed by atoms with Crippen LogP contribution in [-0.4, -0.2) is 91.9 Å². The van der Waals surface area contributed by atoms with Crippen molar-refractivity contribution >= 4 is 27.7 Å². The molecule has 3 rings (SSSR count). The fraction of sp³-hybridized carbons (Fsp3) is 0.857. The average Bonchev–Trinajstić information content (AvgIpc) is 3.06. The summed E-state index contributed by atoms with van der Waals surface area (Å²) < 4.78 is 27.6. The van der Waals surface area contributed by atoms with Crippen molar-refractivity contribution in [1.29, 1.82) is 0 Å². The number of likely N-dealkylation sites (N-methyl/N-ethyl adjacent to an activating group) is 1. The summed E-state index contributed by atoms with van der Waals surface area (Å²) in [4.78, 5) is 42.4. The van der Waals surface area contributed by atoms with Crippen LogP contribution in [0.15, 0.2) is 0 Å². The Kier molecular flexibility index (Phi) is 7.62. The maximum absolute atomic E-state index is 12.9. The Hall–Kier alpha value is -1.68.